The fourth-order valence-electron chi connectivity index (χ4n) is 1.85. The van der Waals surface area contributed by atoms with Gasteiger partial charge >= 0.3 is 0 Å². The van der Waals surface area contributed by atoms with Crippen LogP contribution in [0, 0.1) is 0 Å². The van der Waals surface area contributed by atoms with Gasteiger partial charge in [0.2, 0.25) is 0 Å². The summed E-state index contributed by atoms with van der Waals surface area (Å²) in [5.74, 6) is -0.510. The van der Waals surface area contributed by atoms with Crippen LogP contribution in [0.2, 0.25) is 0 Å². The molecule has 0 spiro atoms. The van der Waals surface area contributed by atoms with Crippen molar-refractivity contribution in [3.8, 4) is 0 Å². The van der Waals surface area contributed by atoms with E-state index in [1.807, 2.05) is 13.8 Å². The van der Waals surface area contributed by atoms with Crippen LogP contribution in [0.25, 0.3) is 0 Å². The number of amides is 1. The van der Waals surface area contributed by atoms with E-state index in [1.165, 1.54) is 0 Å². The Bertz CT molecular complexity index is 283. The fourth-order valence-corrected chi connectivity index (χ4v) is 1.85. The van der Waals surface area contributed by atoms with Crippen LogP contribution in [0.4, 0.5) is 0 Å². The highest BCUT2D eigenvalue weighted by Crippen LogP contribution is 2.11. The van der Waals surface area contributed by atoms with E-state index in [4.69, 9.17) is 20.9 Å². The SMILES string of the molecule is CCCO[C@@H](C(=O)CCCN)[C@@H](OCCC)C(=O)NCCN. The molecule has 7 nitrogen and oxygen atoms in total. The number of ether oxygens (including phenoxy) is 2. The number of hydrogen-bond donors (Lipinski definition) is 3. The van der Waals surface area contributed by atoms with Crippen LogP contribution < -0.4 is 16.8 Å². The molecule has 0 fully saturated rings. The number of carbonyl (C=O) groups excluding carboxylic acids is 2. The van der Waals surface area contributed by atoms with Crippen LogP contribution in [-0.4, -0.2) is 56.7 Å². The molecule has 0 radical (unpaired) electrons. The van der Waals surface area contributed by atoms with Gasteiger partial charge in [0.15, 0.2) is 18.0 Å². The molecule has 130 valence electrons. The largest absolute Gasteiger partial charge is 0.367 e. The Morgan fingerprint density at radius 3 is 2.09 bits per heavy atom. The molecule has 0 heterocycles. The molecule has 2 atom stereocenters. The van der Waals surface area contributed by atoms with Crippen molar-refractivity contribution in [1.29, 1.82) is 0 Å². The summed E-state index contributed by atoms with van der Waals surface area (Å²) in [6.45, 7) is 5.75. The van der Waals surface area contributed by atoms with Crippen molar-refractivity contribution in [3.63, 3.8) is 0 Å². The predicted octanol–water partition coefficient (Wildman–Crippen LogP) is -0.0403. The molecule has 22 heavy (non-hydrogen) atoms. The number of Topliss-reactive ketones (excluding diaryl/α,β-unsaturated/α-hetero) is 1. The lowest BCUT2D eigenvalue weighted by Crippen LogP contribution is -2.49. The fraction of sp³-hybridized carbons (Fsp3) is 0.867. The number of hydrogen-bond acceptors (Lipinski definition) is 6. The Kier molecular flexibility index (Phi) is 13.0. The van der Waals surface area contributed by atoms with Crippen LogP contribution >= 0.6 is 0 Å². The zero-order chi connectivity index (χ0) is 16.8. The normalized spacial score (nSPS) is 13.6. The molecule has 0 bridgehead atoms. The molecule has 1 amide bonds. The molecule has 0 saturated heterocycles. The van der Waals surface area contributed by atoms with E-state index >= 15 is 0 Å². The van der Waals surface area contributed by atoms with E-state index in [-0.39, 0.29) is 18.1 Å². The van der Waals surface area contributed by atoms with Crippen molar-refractivity contribution in [1.82, 2.24) is 5.32 Å². The Morgan fingerprint density at radius 2 is 1.59 bits per heavy atom. The van der Waals surface area contributed by atoms with Gasteiger partial charge in [0.1, 0.15) is 0 Å². The number of nitrogens with one attached hydrogen (secondary N) is 1. The minimum absolute atomic E-state index is 0.150. The van der Waals surface area contributed by atoms with Gasteiger partial charge in [-0.3, -0.25) is 9.59 Å². The van der Waals surface area contributed by atoms with Gasteiger partial charge < -0.3 is 26.3 Å². The Morgan fingerprint density at radius 1 is 1.00 bits per heavy atom. The van der Waals surface area contributed by atoms with Crippen LogP contribution in [0.5, 0.6) is 0 Å². The molecule has 0 rings (SSSR count). The summed E-state index contributed by atoms with van der Waals surface area (Å²) in [6, 6.07) is 0. The minimum atomic E-state index is -0.941. The Hall–Kier alpha value is -1.02. The molecule has 0 aliphatic carbocycles. The van der Waals surface area contributed by atoms with E-state index in [0.29, 0.717) is 39.3 Å². The monoisotopic (exact) mass is 317 g/mol. The number of rotatable bonds is 14. The Labute approximate surface area is 133 Å². The average molecular weight is 317 g/mol. The molecule has 0 unspecified atom stereocenters. The lowest BCUT2D eigenvalue weighted by Gasteiger charge is -2.25. The molecular formula is C15H31N3O4. The highest BCUT2D eigenvalue weighted by molar-refractivity contribution is 5.92. The van der Waals surface area contributed by atoms with Gasteiger partial charge in [0, 0.05) is 32.7 Å². The average Bonchev–Trinajstić information content (AvgIpc) is 2.53. The Balaban J connectivity index is 4.96. The van der Waals surface area contributed by atoms with Gasteiger partial charge in [-0.2, -0.15) is 0 Å². The summed E-state index contributed by atoms with van der Waals surface area (Å²) in [7, 11) is 0. The summed E-state index contributed by atoms with van der Waals surface area (Å²) in [6.07, 6.45) is 0.514. The lowest BCUT2D eigenvalue weighted by molar-refractivity contribution is -0.155. The van der Waals surface area contributed by atoms with Crippen LogP contribution in [0.1, 0.15) is 39.5 Å². The second kappa shape index (κ2) is 13.6. The maximum Gasteiger partial charge on any atom is 0.252 e. The van der Waals surface area contributed by atoms with Gasteiger partial charge in [-0.15, -0.1) is 0 Å². The summed E-state index contributed by atoms with van der Waals surface area (Å²) < 4.78 is 11.2. The first-order valence-corrected chi connectivity index (χ1v) is 8.06. The molecule has 0 saturated carbocycles. The quantitative estimate of drug-likeness (QED) is 0.414. The van der Waals surface area contributed by atoms with Crippen molar-refractivity contribution < 1.29 is 19.1 Å². The third-order valence-electron chi connectivity index (χ3n) is 2.92. The standard InChI is InChI=1S/C15H31N3O4/c1-3-10-21-13(12(19)6-5-7-16)14(22-11-4-2)15(20)18-9-8-17/h13-14H,3-11,16-17H2,1-2H3,(H,18,20)/t13-,14+/m0/s1. The molecular weight excluding hydrogens is 286 g/mol. The summed E-state index contributed by atoms with van der Waals surface area (Å²) >= 11 is 0. The predicted molar refractivity (Wildman–Crippen MR) is 85.4 cm³/mol. The molecule has 0 aromatic carbocycles. The van der Waals surface area contributed by atoms with Crippen molar-refractivity contribution in [3.05, 3.63) is 0 Å². The first kappa shape index (κ1) is 21.0. The van der Waals surface area contributed by atoms with Crippen LogP contribution in [-0.2, 0) is 19.1 Å². The first-order chi connectivity index (χ1) is 10.6. The van der Waals surface area contributed by atoms with E-state index in [0.717, 1.165) is 12.8 Å². The van der Waals surface area contributed by atoms with Gasteiger partial charge in [-0.05, 0) is 25.8 Å². The van der Waals surface area contributed by atoms with Crippen molar-refractivity contribution >= 4 is 11.7 Å². The number of nitrogens with two attached hydrogens (primary N) is 2. The van der Waals surface area contributed by atoms with E-state index in [9.17, 15) is 9.59 Å². The molecule has 0 aromatic rings. The second-order valence-electron chi connectivity index (χ2n) is 5.02. The maximum atomic E-state index is 12.3. The van der Waals surface area contributed by atoms with Gasteiger partial charge in [0.25, 0.3) is 5.91 Å². The number of ketones is 1. The maximum absolute atomic E-state index is 12.3. The third-order valence-corrected chi connectivity index (χ3v) is 2.92. The van der Waals surface area contributed by atoms with Crippen LogP contribution in [0.3, 0.4) is 0 Å². The highest BCUT2D eigenvalue weighted by Gasteiger charge is 2.34. The number of carbonyl (C=O) groups is 2. The van der Waals surface area contributed by atoms with Crippen LogP contribution in [0.15, 0.2) is 0 Å². The van der Waals surface area contributed by atoms with E-state index in [2.05, 4.69) is 5.32 Å². The van der Waals surface area contributed by atoms with Crippen molar-refractivity contribution in [2.24, 2.45) is 11.5 Å². The molecule has 7 heteroatoms. The molecule has 0 aliphatic rings. The smallest absolute Gasteiger partial charge is 0.252 e. The molecule has 5 N–H and O–H groups in total. The zero-order valence-electron chi connectivity index (χ0n) is 13.8. The topological polar surface area (TPSA) is 117 Å². The second-order valence-corrected chi connectivity index (χ2v) is 5.02. The van der Waals surface area contributed by atoms with Crippen molar-refractivity contribution in [2.75, 3.05) is 32.8 Å². The van der Waals surface area contributed by atoms with Gasteiger partial charge in [-0.25, -0.2) is 0 Å². The minimum Gasteiger partial charge on any atom is -0.367 e. The third kappa shape index (κ3) is 8.43. The van der Waals surface area contributed by atoms with Gasteiger partial charge in [-0.1, -0.05) is 13.8 Å². The van der Waals surface area contributed by atoms with E-state index in [1.54, 1.807) is 0 Å². The highest BCUT2D eigenvalue weighted by atomic mass is 16.5. The summed E-state index contributed by atoms with van der Waals surface area (Å²) in [5.41, 5.74) is 10.8. The van der Waals surface area contributed by atoms with Crippen molar-refractivity contribution in [2.45, 2.75) is 51.7 Å². The molecule has 0 aliphatic heterocycles. The molecule has 0 aromatic heterocycles. The van der Waals surface area contributed by atoms with Gasteiger partial charge in [0.05, 0.1) is 0 Å². The summed E-state index contributed by atoms with van der Waals surface area (Å²) in [5, 5.41) is 2.66. The first-order valence-electron chi connectivity index (χ1n) is 8.06. The summed E-state index contributed by atoms with van der Waals surface area (Å²) in [4.78, 5) is 24.6. The van der Waals surface area contributed by atoms with E-state index < -0.39 is 12.2 Å². The lowest BCUT2D eigenvalue weighted by atomic mass is 10.0. The zero-order valence-corrected chi connectivity index (χ0v) is 13.8.